The standard InChI is InChI=1S/C21H28N4O3.HI/c1-16(26)24-18-9-7-10-19(14-18)28-13-12-23-21(22-2)25(3)15-17-8-5-6-11-20(17)27-4;/h5-11,14H,12-13,15H2,1-4H3,(H,22,23)(H,24,26);1H. The summed E-state index contributed by atoms with van der Waals surface area (Å²) >= 11 is 0. The first-order valence-electron chi connectivity index (χ1n) is 9.07. The van der Waals surface area contributed by atoms with E-state index in [1.807, 2.05) is 54.4 Å². The zero-order valence-corrected chi connectivity index (χ0v) is 19.6. The average Bonchev–Trinajstić information content (AvgIpc) is 2.68. The van der Waals surface area contributed by atoms with Gasteiger partial charge in [-0.15, -0.1) is 24.0 Å². The van der Waals surface area contributed by atoms with Crippen molar-refractivity contribution in [3.63, 3.8) is 0 Å². The fraction of sp³-hybridized carbons (Fsp3) is 0.333. The molecule has 8 heteroatoms. The first-order valence-corrected chi connectivity index (χ1v) is 9.07. The number of amides is 1. The summed E-state index contributed by atoms with van der Waals surface area (Å²) < 4.78 is 11.2. The monoisotopic (exact) mass is 512 g/mol. The van der Waals surface area contributed by atoms with Crippen LogP contribution in [0.3, 0.4) is 0 Å². The molecule has 0 saturated carbocycles. The Kier molecular flexibility index (Phi) is 10.9. The number of guanidine groups is 1. The number of ether oxygens (including phenoxy) is 2. The van der Waals surface area contributed by atoms with Crippen molar-refractivity contribution in [3.05, 3.63) is 54.1 Å². The van der Waals surface area contributed by atoms with Crippen molar-refractivity contribution in [2.45, 2.75) is 13.5 Å². The van der Waals surface area contributed by atoms with E-state index in [4.69, 9.17) is 9.47 Å². The largest absolute Gasteiger partial charge is 0.496 e. The van der Waals surface area contributed by atoms with Crippen molar-refractivity contribution in [2.75, 3.05) is 39.7 Å². The van der Waals surface area contributed by atoms with Crippen LogP contribution in [0.5, 0.6) is 11.5 Å². The van der Waals surface area contributed by atoms with Gasteiger partial charge in [0, 0.05) is 44.9 Å². The normalized spacial score (nSPS) is 10.6. The van der Waals surface area contributed by atoms with Gasteiger partial charge in [0.2, 0.25) is 5.91 Å². The number of carbonyl (C=O) groups is 1. The zero-order chi connectivity index (χ0) is 20.4. The lowest BCUT2D eigenvalue weighted by Gasteiger charge is -2.23. The Morgan fingerprint density at radius 3 is 2.62 bits per heavy atom. The van der Waals surface area contributed by atoms with E-state index in [0.717, 1.165) is 17.3 Å². The summed E-state index contributed by atoms with van der Waals surface area (Å²) in [6, 6.07) is 15.2. The second-order valence-corrected chi connectivity index (χ2v) is 6.20. The minimum absolute atomic E-state index is 0. The van der Waals surface area contributed by atoms with Crippen LogP contribution < -0.4 is 20.1 Å². The van der Waals surface area contributed by atoms with Crippen molar-refractivity contribution in [1.82, 2.24) is 10.2 Å². The smallest absolute Gasteiger partial charge is 0.221 e. The molecule has 0 atom stereocenters. The molecule has 29 heavy (non-hydrogen) atoms. The maximum absolute atomic E-state index is 11.1. The second-order valence-electron chi connectivity index (χ2n) is 6.20. The van der Waals surface area contributed by atoms with Crippen LogP contribution in [0, 0.1) is 0 Å². The van der Waals surface area contributed by atoms with Gasteiger partial charge < -0.3 is 25.0 Å². The molecule has 0 fully saturated rings. The molecule has 2 N–H and O–H groups in total. The highest BCUT2D eigenvalue weighted by Gasteiger charge is 2.09. The molecular formula is C21H29IN4O3. The lowest BCUT2D eigenvalue weighted by atomic mass is 10.2. The van der Waals surface area contributed by atoms with Crippen molar-refractivity contribution in [3.8, 4) is 11.5 Å². The van der Waals surface area contributed by atoms with Crippen molar-refractivity contribution >= 4 is 41.5 Å². The van der Waals surface area contributed by atoms with Gasteiger partial charge in [-0.3, -0.25) is 9.79 Å². The summed E-state index contributed by atoms with van der Waals surface area (Å²) in [5.41, 5.74) is 1.80. The van der Waals surface area contributed by atoms with Gasteiger partial charge in [-0.2, -0.15) is 0 Å². The number of benzene rings is 2. The van der Waals surface area contributed by atoms with E-state index in [1.54, 1.807) is 20.2 Å². The number of rotatable bonds is 8. The first-order chi connectivity index (χ1) is 13.5. The molecule has 0 aliphatic rings. The number of hydrogen-bond acceptors (Lipinski definition) is 4. The first kappa shape index (κ1) is 24.5. The Hall–Kier alpha value is -2.49. The number of hydrogen-bond donors (Lipinski definition) is 2. The molecule has 0 spiro atoms. The third-order valence-corrected chi connectivity index (χ3v) is 3.98. The quantitative estimate of drug-likeness (QED) is 0.246. The number of halogens is 1. The Labute approximate surface area is 189 Å². The van der Waals surface area contributed by atoms with E-state index in [2.05, 4.69) is 15.6 Å². The topological polar surface area (TPSA) is 75.2 Å². The van der Waals surface area contributed by atoms with Crippen LogP contribution in [0.2, 0.25) is 0 Å². The molecule has 2 rings (SSSR count). The summed E-state index contributed by atoms with van der Waals surface area (Å²) in [4.78, 5) is 17.5. The van der Waals surface area contributed by atoms with Crippen molar-refractivity contribution < 1.29 is 14.3 Å². The van der Waals surface area contributed by atoms with E-state index in [-0.39, 0.29) is 29.9 Å². The van der Waals surface area contributed by atoms with E-state index < -0.39 is 0 Å². The number of aliphatic imine (C=N–C) groups is 1. The predicted octanol–water partition coefficient (Wildman–Crippen LogP) is 3.36. The highest BCUT2D eigenvalue weighted by atomic mass is 127. The van der Waals surface area contributed by atoms with Crippen LogP contribution in [-0.4, -0.2) is 51.1 Å². The third kappa shape index (κ3) is 8.18. The van der Waals surface area contributed by atoms with Crippen LogP contribution in [0.25, 0.3) is 0 Å². The Morgan fingerprint density at radius 2 is 1.93 bits per heavy atom. The second kappa shape index (κ2) is 12.9. The molecule has 0 aromatic heterocycles. The molecule has 0 heterocycles. The summed E-state index contributed by atoms with van der Waals surface area (Å²) in [6.45, 7) is 3.20. The van der Waals surface area contributed by atoms with E-state index in [0.29, 0.717) is 31.1 Å². The number of methoxy groups -OCH3 is 1. The lowest BCUT2D eigenvalue weighted by Crippen LogP contribution is -2.40. The van der Waals surface area contributed by atoms with Crippen LogP contribution >= 0.6 is 24.0 Å². The fourth-order valence-electron chi connectivity index (χ4n) is 2.75. The van der Waals surface area contributed by atoms with Crippen molar-refractivity contribution in [1.29, 1.82) is 0 Å². The summed E-state index contributed by atoms with van der Waals surface area (Å²) in [6.07, 6.45) is 0. The van der Waals surface area contributed by atoms with Gasteiger partial charge in [0.05, 0.1) is 13.7 Å². The molecule has 0 radical (unpaired) electrons. The molecule has 0 bridgehead atoms. The highest BCUT2D eigenvalue weighted by Crippen LogP contribution is 2.19. The fourth-order valence-corrected chi connectivity index (χ4v) is 2.75. The summed E-state index contributed by atoms with van der Waals surface area (Å²) in [5.74, 6) is 2.21. The van der Waals surface area contributed by atoms with E-state index in [1.165, 1.54) is 6.92 Å². The molecule has 0 saturated heterocycles. The van der Waals surface area contributed by atoms with Crippen LogP contribution in [-0.2, 0) is 11.3 Å². The molecule has 1 amide bonds. The number of para-hydroxylation sites is 1. The number of nitrogens with zero attached hydrogens (tertiary/aromatic N) is 2. The van der Waals surface area contributed by atoms with Crippen LogP contribution in [0.15, 0.2) is 53.5 Å². The van der Waals surface area contributed by atoms with Gasteiger partial charge in [-0.05, 0) is 18.2 Å². The molecule has 0 aliphatic heterocycles. The van der Waals surface area contributed by atoms with E-state index >= 15 is 0 Å². The molecular weight excluding hydrogens is 483 g/mol. The van der Waals surface area contributed by atoms with Crippen LogP contribution in [0.4, 0.5) is 5.69 Å². The van der Waals surface area contributed by atoms with E-state index in [9.17, 15) is 4.79 Å². The van der Waals surface area contributed by atoms with Gasteiger partial charge >= 0.3 is 0 Å². The van der Waals surface area contributed by atoms with Gasteiger partial charge in [0.1, 0.15) is 18.1 Å². The lowest BCUT2D eigenvalue weighted by molar-refractivity contribution is -0.114. The minimum atomic E-state index is -0.110. The summed E-state index contributed by atoms with van der Waals surface area (Å²) in [5, 5.41) is 6.02. The molecule has 0 aliphatic carbocycles. The Bertz CT molecular complexity index is 814. The minimum Gasteiger partial charge on any atom is -0.496 e. The zero-order valence-electron chi connectivity index (χ0n) is 17.3. The Balaban J connectivity index is 0.00000420. The van der Waals surface area contributed by atoms with Gasteiger partial charge in [0.25, 0.3) is 0 Å². The highest BCUT2D eigenvalue weighted by molar-refractivity contribution is 14.0. The average molecular weight is 512 g/mol. The van der Waals surface area contributed by atoms with Gasteiger partial charge in [-0.1, -0.05) is 24.3 Å². The maximum Gasteiger partial charge on any atom is 0.221 e. The van der Waals surface area contributed by atoms with Crippen LogP contribution in [0.1, 0.15) is 12.5 Å². The maximum atomic E-state index is 11.1. The predicted molar refractivity (Wildman–Crippen MR) is 127 cm³/mol. The SMILES string of the molecule is CN=C(NCCOc1cccc(NC(C)=O)c1)N(C)Cc1ccccc1OC.I. The third-order valence-electron chi connectivity index (χ3n) is 3.98. The summed E-state index contributed by atoms with van der Waals surface area (Å²) in [7, 11) is 5.39. The van der Waals surface area contributed by atoms with Gasteiger partial charge in [0.15, 0.2) is 5.96 Å². The molecule has 7 nitrogen and oxygen atoms in total. The molecule has 2 aromatic carbocycles. The number of anilines is 1. The molecule has 0 unspecified atom stereocenters. The molecule has 2 aromatic rings. The van der Waals surface area contributed by atoms with Crippen molar-refractivity contribution in [2.24, 2.45) is 4.99 Å². The molecule has 158 valence electrons. The number of carbonyl (C=O) groups excluding carboxylic acids is 1. The number of nitrogens with one attached hydrogen (secondary N) is 2. The van der Waals surface area contributed by atoms with Gasteiger partial charge in [-0.25, -0.2) is 0 Å². The Morgan fingerprint density at radius 1 is 1.17 bits per heavy atom.